The Kier molecular flexibility index (Phi) is 4.62. The van der Waals surface area contributed by atoms with Crippen molar-refractivity contribution in [2.75, 3.05) is 5.75 Å². The van der Waals surface area contributed by atoms with Crippen LogP contribution in [0.4, 0.5) is 4.79 Å². The Morgan fingerprint density at radius 3 is 2.80 bits per heavy atom. The molecule has 3 amide bonds. The number of H-pyrrole nitrogens is 1. The molecule has 1 aromatic carbocycles. The molecule has 2 rings (SSSR count). The molecule has 0 unspecified atom stereocenters. The van der Waals surface area contributed by atoms with Crippen LogP contribution in [0.15, 0.2) is 29.4 Å². The number of imide groups is 1. The maximum atomic E-state index is 11.6. The number of hydrogen-bond acceptors (Lipinski definition) is 4. The molecule has 1 heterocycles. The first-order valence-electron chi connectivity index (χ1n) is 6.22. The summed E-state index contributed by atoms with van der Waals surface area (Å²) in [4.78, 5) is 30.4. The van der Waals surface area contributed by atoms with Crippen molar-refractivity contribution < 1.29 is 9.59 Å². The Hall–Kier alpha value is -2.02. The van der Waals surface area contributed by atoms with Crippen LogP contribution in [0.5, 0.6) is 0 Å². The highest BCUT2D eigenvalue weighted by Gasteiger charge is 2.10. The molecule has 0 spiro atoms. The van der Waals surface area contributed by atoms with Crippen LogP contribution in [0, 0.1) is 0 Å². The number of aromatic amines is 1. The van der Waals surface area contributed by atoms with E-state index in [2.05, 4.69) is 20.6 Å². The van der Waals surface area contributed by atoms with E-state index in [0.29, 0.717) is 5.16 Å². The monoisotopic (exact) mass is 292 g/mol. The molecular formula is C13H16N4O2S. The quantitative estimate of drug-likeness (QED) is 0.751. The van der Waals surface area contributed by atoms with Crippen LogP contribution in [0.25, 0.3) is 11.0 Å². The molecule has 3 N–H and O–H groups in total. The standard InChI is InChI=1S/C13H16N4O2S/c1-8(2)14-12(19)17-11(18)7-20-13-15-9-5-3-4-6-10(9)16-13/h3-6,8H,7H2,1-2H3,(H,15,16)(H2,14,17,18,19). The summed E-state index contributed by atoms with van der Waals surface area (Å²) < 4.78 is 0. The van der Waals surface area contributed by atoms with E-state index in [1.165, 1.54) is 11.8 Å². The third-order valence-electron chi connectivity index (χ3n) is 2.38. The maximum Gasteiger partial charge on any atom is 0.321 e. The number of amides is 3. The van der Waals surface area contributed by atoms with Gasteiger partial charge in [-0.25, -0.2) is 9.78 Å². The van der Waals surface area contributed by atoms with Crippen LogP contribution in [0.2, 0.25) is 0 Å². The number of imidazole rings is 1. The summed E-state index contributed by atoms with van der Waals surface area (Å²) in [5, 5.41) is 5.51. The highest BCUT2D eigenvalue weighted by atomic mass is 32.2. The number of aromatic nitrogens is 2. The third-order valence-corrected chi connectivity index (χ3v) is 3.25. The molecule has 0 radical (unpaired) electrons. The zero-order valence-corrected chi connectivity index (χ0v) is 12.1. The second kappa shape index (κ2) is 6.42. The average molecular weight is 292 g/mol. The van der Waals surface area contributed by atoms with Crippen LogP contribution in [0.1, 0.15) is 13.8 Å². The lowest BCUT2D eigenvalue weighted by Gasteiger charge is -2.08. The third kappa shape index (κ3) is 3.99. The summed E-state index contributed by atoms with van der Waals surface area (Å²) >= 11 is 1.26. The number of carbonyl (C=O) groups excluding carboxylic acids is 2. The van der Waals surface area contributed by atoms with Crippen LogP contribution in [-0.4, -0.2) is 33.7 Å². The number of urea groups is 1. The van der Waals surface area contributed by atoms with Gasteiger partial charge in [0, 0.05) is 6.04 Å². The van der Waals surface area contributed by atoms with E-state index in [1.807, 2.05) is 38.1 Å². The van der Waals surface area contributed by atoms with Gasteiger partial charge in [-0.15, -0.1) is 0 Å². The van der Waals surface area contributed by atoms with E-state index < -0.39 is 6.03 Å². The molecule has 2 aromatic rings. The van der Waals surface area contributed by atoms with Crippen molar-refractivity contribution in [1.82, 2.24) is 20.6 Å². The molecule has 0 fully saturated rings. The number of nitrogens with zero attached hydrogens (tertiary/aromatic N) is 1. The summed E-state index contributed by atoms with van der Waals surface area (Å²) in [5.74, 6) is -0.223. The van der Waals surface area contributed by atoms with E-state index in [4.69, 9.17) is 0 Å². The van der Waals surface area contributed by atoms with Gasteiger partial charge in [-0.2, -0.15) is 0 Å². The lowest BCUT2D eigenvalue weighted by Crippen LogP contribution is -2.43. The summed E-state index contributed by atoms with van der Waals surface area (Å²) in [6, 6.07) is 7.15. The Labute approximate surface area is 120 Å². The fraction of sp³-hybridized carbons (Fsp3) is 0.308. The molecule has 6 nitrogen and oxygen atoms in total. The lowest BCUT2D eigenvalue weighted by molar-refractivity contribution is -0.117. The second-order valence-electron chi connectivity index (χ2n) is 4.52. The van der Waals surface area contributed by atoms with Crippen molar-refractivity contribution in [1.29, 1.82) is 0 Å². The van der Waals surface area contributed by atoms with Gasteiger partial charge in [-0.05, 0) is 26.0 Å². The fourth-order valence-corrected chi connectivity index (χ4v) is 2.28. The van der Waals surface area contributed by atoms with Crippen molar-refractivity contribution in [2.24, 2.45) is 0 Å². The zero-order valence-electron chi connectivity index (χ0n) is 11.3. The molecule has 0 saturated carbocycles. The van der Waals surface area contributed by atoms with Gasteiger partial charge in [0.15, 0.2) is 5.16 Å². The van der Waals surface area contributed by atoms with Gasteiger partial charge >= 0.3 is 6.03 Å². The Morgan fingerprint density at radius 2 is 2.10 bits per heavy atom. The van der Waals surface area contributed by atoms with E-state index in [9.17, 15) is 9.59 Å². The molecule has 0 aliphatic heterocycles. The van der Waals surface area contributed by atoms with E-state index in [0.717, 1.165) is 11.0 Å². The van der Waals surface area contributed by atoms with E-state index in [-0.39, 0.29) is 17.7 Å². The average Bonchev–Trinajstić information content (AvgIpc) is 2.77. The lowest BCUT2D eigenvalue weighted by atomic mass is 10.3. The van der Waals surface area contributed by atoms with Crippen molar-refractivity contribution in [2.45, 2.75) is 25.0 Å². The number of rotatable bonds is 4. The van der Waals surface area contributed by atoms with E-state index >= 15 is 0 Å². The highest BCUT2D eigenvalue weighted by Crippen LogP contribution is 2.18. The van der Waals surface area contributed by atoms with Crippen molar-refractivity contribution >= 4 is 34.7 Å². The van der Waals surface area contributed by atoms with Crippen molar-refractivity contribution in [3.63, 3.8) is 0 Å². The summed E-state index contributed by atoms with van der Waals surface area (Å²) in [6.45, 7) is 3.65. The number of thioether (sulfide) groups is 1. The fourth-order valence-electron chi connectivity index (χ4n) is 1.59. The zero-order chi connectivity index (χ0) is 14.5. The predicted octanol–water partition coefficient (Wildman–Crippen LogP) is 1.89. The summed E-state index contributed by atoms with van der Waals surface area (Å²) in [7, 11) is 0. The number of para-hydroxylation sites is 2. The van der Waals surface area contributed by atoms with Crippen LogP contribution < -0.4 is 10.6 Å². The molecule has 1 aromatic heterocycles. The minimum Gasteiger partial charge on any atom is -0.336 e. The van der Waals surface area contributed by atoms with Gasteiger partial charge in [0.25, 0.3) is 0 Å². The minimum atomic E-state index is -0.477. The smallest absolute Gasteiger partial charge is 0.321 e. The number of benzene rings is 1. The van der Waals surface area contributed by atoms with Crippen LogP contribution in [0.3, 0.4) is 0 Å². The van der Waals surface area contributed by atoms with Gasteiger partial charge in [0.05, 0.1) is 16.8 Å². The maximum absolute atomic E-state index is 11.6. The number of carbonyl (C=O) groups is 2. The molecular weight excluding hydrogens is 276 g/mol. The van der Waals surface area contributed by atoms with Gasteiger partial charge in [0.1, 0.15) is 0 Å². The van der Waals surface area contributed by atoms with Crippen LogP contribution >= 0.6 is 11.8 Å². The highest BCUT2D eigenvalue weighted by molar-refractivity contribution is 7.99. The van der Waals surface area contributed by atoms with Gasteiger partial charge in [-0.3, -0.25) is 10.1 Å². The number of nitrogens with one attached hydrogen (secondary N) is 3. The Morgan fingerprint density at radius 1 is 1.35 bits per heavy atom. The Balaban J connectivity index is 1.85. The molecule has 7 heteroatoms. The summed E-state index contributed by atoms with van der Waals surface area (Å²) in [5.41, 5.74) is 1.78. The largest absolute Gasteiger partial charge is 0.336 e. The molecule has 20 heavy (non-hydrogen) atoms. The molecule has 0 aliphatic rings. The molecule has 106 valence electrons. The molecule has 0 bridgehead atoms. The Bertz CT molecular complexity index is 591. The normalized spacial score (nSPS) is 10.8. The number of fused-ring (bicyclic) bond motifs is 1. The second-order valence-corrected chi connectivity index (χ2v) is 5.49. The first-order valence-corrected chi connectivity index (χ1v) is 7.21. The predicted molar refractivity (Wildman–Crippen MR) is 78.6 cm³/mol. The first-order chi connectivity index (χ1) is 9.54. The van der Waals surface area contributed by atoms with E-state index in [1.54, 1.807) is 0 Å². The summed E-state index contributed by atoms with van der Waals surface area (Å²) in [6.07, 6.45) is 0. The van der Waals surface area contributed by atoms with Gasteiger partial charge < -0.3 is 10.3 Å². The minimum absolute atomic E-state index is 0.00849. The number of hydrogen-bond donors (Lipinski definition) is 3. The van der Waals surface area contributed by atoms with Crippen LogP contribution in [-0.2, 0) is 4.79 Å². The molecule has 0 atom stereocenters. The first kappa shape index (κ1) is 14.4. The SMILES string of the molecule is CC(C)NC(=O)NC(=O)CSc1nc2ccccc2[nH]1. The molecule has 0 saturated heterocycles. The van der Waals surface area contributed by atoms with Gasteiger partial charge in [0.2, 0.25) is 5.91 Å². The molecule has 0 aliphatic carbocycles. The van der Waals surface area contributed by atoms with Gasteiger partial charge in [-0.1, -0.05) is 23.9 Å². The van der Waals surface area contributed by atoms with Crippen molar-refractivity contribution in [3.05, 3.63) is 24.3 Å². The van der Waals surface area contributed by atoms with Crippen molar-refractivity contribution in [3.8, 4) is 0 Å². The topological polar surface area (TPSA) is 86.9 Å².